The van der Waals surface area contributed by atoms with E-state index in [-0.39, 0.29) is 12.1 Å². The van der Waals surface area contributed by atoms with Gasteiger partial charge in [0.2, 0.25) is 0 Å². The summed E-state index contributed by atoms with van der Waals surface area (Å²) in [4.78, 5) is 17.4. The van der Waals surface area contributed by atoms with Gasteiger partial charge in [0.1, 0.15) is 0 Å². The van der Waals surface area contributed by atoms with E-state index in [1.807, 2.05) is 48.5 Å². The highest BCUT2D eigenvalue weighted by molar-refractivity contribution is 5.87. The zero-order valence-corrected chi connectivity index (χ0v) is 14.2. The Morgan fingerprint density at radius 3 is 2.44 bits per heavy atom. The number of alkyl carbamates (subject to hydrolysis) is 1. The van der Waals surface area contributed by atoms with Gasteiger partial charge in [-0.2, -0.15) is 0 Å². The number of benzene rings is 2. The van der Waals surface area contributed by atoms with Crippen molar-refractivity contribution in [2.45, 2.75) is 31.4 Å². The van der Waals surface area contributed by atoms with E-state index in [0.29, 0.717) is 12.8 Å². The predicted octanol–water partition coefficient (Wildman–Crippen LogP) is 3.34. The predicted molar refractivity (Wildman–Crippen MR) is 96.5 cm³/mol. The Morgan fingerprint density at radius 1 is 1.16 bits per heavy atom. The van der Waals surface area contributed by atoms with Crippen LogP contribution in [0.1, 0.15) is 17.5 Å². The molecule has 0 fully saturated rings. The third-order valence-corrected chi connectivity index (χ3v) is 4.24. The molecule has 0 radical (unpaired) electrons. The fourth-order valence-corrected chi connectivity index (χ4v) is 2.95. The van der Waals surface area contributed by atoms with Crippen LogP contribution < -0.4 is 5.32 Å². The maximum atomic E-state index is 11.7. The quantitative estimate of drug-likeness (QED) is 0.879. The van der Waals surface area contributed by atoms with E-state index in [9.17, 15) is 4.79 Å². The monoisotopic (exact) mass is 338 g/mol. The van der Waals surface area contributed by atoms with Crippen LogP contribution in [0.5, 0.6) is 0 Å². The summed E-state index contributed by atoms with van der Waals surface area (Å²) in [5, 5.41) is 7.11. The Hall–Kier alpha value is -2.82. The Bertz CT molecular complexity index is 716. The van der Waals surface area contributed by atoms with Crippen molar-refractivity contribution in [2.75, 3.05) is 7.11 Å². The second kappa shape index (κ2) is 8.33. The fourth-order valence-electron chi connectivity index (χ4n) is 2.95. The Morgan fingerprint density at radius 2 is 1.80 bits per heavy atom. The van der Waals surface area contributed by atoms with Crippen molar-refractivity contribution in [1.29, 1.82) is 0 Å². The van der Waals surface area contributed by atoms with Gasteiger partial charge in [-0.3, -0.25) is 0 Å². The molecule has 1 heterocycles. The second-order valence-electron chi connectivity index (χ2n) is 6.10. The van der Waals surface area contributed by atoms with Gasteiger partial charge in [-0.25, -0.2) is 4.79 Å². The summed E-state index contributed by atoms with van der Waals surface area (Å²) in [6.07, 6.45) is 1.46. The first-order chi connectivity index (χ1) is 12.2. The SMILES string of the molecule is COC(=O)NC(Cc1ccccc1)C1CC(Cc2ccccc2)=NO1. The molecule has 1 N–H and O–H groups in total. The molecule has 0 saturated carbocycles. The van der Waals surface area contributed by atoms with Gasteiger partial charge < -0.3 is 14.9 Å². The first-order valence-corrected chi connectivity index (χ1v) is 8.38. The summed E-state index contributed by atoms with van der Waals surface area (Å²) in [6.45, 7) is 0. The number of carbonyl (C=O) groups excluding carboxylic acids is 1. The number of nitrogens with zero attached hydrogens (tertiary/aromatic N) is 1. The Balaban J connectivity index is 1.64. The van der Waals surface area contributed by atoms with E-state index in [1.165, 1.54) is 12.7 Å². The Labute approximate surface area is 147 Å². The molecule has 3 rings (SSSR count). The minimum atomic E-state index is -0.457. The van der Waals surface area contributed by atoms with Gasteiger partial charge in [-0.1, -0.05) is 65.8 Å². The topological polar surface area (TPSA) is 59.9 Å². The molecule has 0 aromatic heterocycles. The van der Waals surface area contributed by atoms with Crippen LogP contribution in [0.3, 0.4) is 0 Å². The smallest absolute Gasteiger partial charge is 0.407 e. The minimum absolute atomic E-state index is 0.196. The van der Waals surface area contributed by atoms with Gasteiger partial charge in [0.25, 0.3) is 0 Å². The third-order valence-electron chi connectivity index (χ3n) is 4.24. The number of methoxy groups -OCH3 is 1. The molecule has 5 heteroatoms. The average Bonchev–Trinajstić information content (AvgIpc) is 3.11. The molecule has 25 heavy (non-hydrogen) atoms. The van der Waals surface area contributed by atoms with E-state index >= 15 is 0 Å². The standard InChI is InChI=1S/C20H22N2O3/c1-24-20(23)21-18(13-16-10-6-3-7-11-16)19-14-17(22-25-19)12-15-8-4-2-5-9-15/h2-11,18-19H,12-14H2,1H3,(H,21,23). The van der Waals surface area contributed by atoms with Crippen LogP contribution in [-0.2, 0) is 22.4 Å². The third kappa shape index (κ3) is 4.83. The molecule has 0 bridgehead atoms. The molecule has 130 valence electrons. The number of rotatable bonds is 6. The molecule has 1 aliphatic rings. The van der Waals surface area contributed by atoms with Gasteiger partial charge >= 0.3 is 6.09 Å². The summed E-state index contributed by atoms with van der Waals surface area (Å²) in [7, 11) is 1.36. The van der Waals surface area contributed by atoms with Crippen molar-refractivity contribution >= 4 is 11.8 Å². The van der Waals surface area contributed by atoms with Crippen LogP contribution in [0.4, 0.5) is 4.79 Å². The molecule has 1 amide bonds. The van der Waals surface area contributed by atoms with Gasteiger partial charge in [-0.05, 0) is 17.5 Å². The number of ether oxygens (including phenoxy) is 1. The normalized spacial score (nSPS) is 17.3. The lowest BCUT2D eigenvalue weighted by molar-refractivity contribution is 0.0535. The van der Waals surface area contributed by atoms with Crippen molar-refractivity contribution in [2.24, 2.45) is 5.16 Å². The summed E-state index contributed by atoms with van der Waals surface area (Å²) in [5.74, 6) is 0. The lowest BCUT2D eigenvalue weighted by Crippen LogP contribution is -2.45. The molecule has 0 aliphatic carbocycles. The summed E-state index contributed by atoms with van der Waals surface area (Å²) >= 11 is 0. The number of amides is 1. The van der Waals surface area contributed by atoms with Gasteiger partial charge in [0, 0.05) is 12.8 Å². The lowest BCUT2D eigenvalue weighted by Gasteiger charge is -2.22. The van der Waals surface area contributed by atoms with Crippen molar-refractivity contribution < 1.29 is 14.4 Å². The number of hydrogen-bond acceptors (Lipinski definition) is 4. The highest BCUT2D eigenvalue weighted by Gasteiger charge is 2.31. The molecular weight excluding hydrogens is 316 g/mol. The molecular formula is C20H22N2O3. The largest absolute Gasteiger partial charge is 0.453 e. The fraction of sp³-hybridized carbons (Fsp3) is 0.300. The van der Waals surface area contributed by atoms with Crippen molar-refractivity contribution in [3.05, 3.63) is 71.8 Å². The lowest BCUT2D eigenvalue weighted by atomic mass is 9.96. The first kappa shape index (κ1) is 17.0. The molecule has 2 atom stereocenters. The van der Waals surface area contributed by atoms with Crippen molar-refractivity contribution in [1.82, 2.24) is 5.32 Å². The van der Waals surface area contributed by atoms with Gasteiger partial charge in [0.05, 0.1) is 18.9 Å². The number of carbonyl (C=O) groups is 1. The highest BCUT2D eigenvalue weighted by atomic mass is 16.6. The Kier molecular flexibility index (Phi) is 5.67. The van der Waals surface area contributed by atoms with Crippen molar-refractivity contribution in [3.63, 3.8) is 0 Å². The molecule has 1 aliphatic heterocycles. The zero-order valence-electron chi connectivity index (χ0n) is 14.2. The van der Waals surface area contributed by atoms with Crippen LogP contribution in [0.15, 0.2) is 65.8 Å². The van der Waals surface area contributed by atoms with Crippen LogP contribution in [0.2, 0.25) is 0 Å². The maximum absolute atomic E-state index is 11.7. The average molecular weight is 338 g/mol. The molecule has 5 nitrogen and oxygen atoms in total. The zero-order chi connectivity index (χ0) is 17.5. The van der Waals surface area contributed by atoms with Crippen LogP contribution in [0.25, 0.3) is 0 Å². The van der Waals surface area contributed by atoms with Crippen LogP contribution in [-0.4, -0.2) is 31.1 Å². The first-order valence-electron chi connectivity index (χ1n) is 8.38. The van der Waals surface area contributed by atoms with E-state index < -0.39 is 6.09 Å². The molecule has 0 saturated heterocycles. The molecule has 2 aromatic carbocycles. The molecule has 2 aromatic rings. The summed E-state index contributed by atoms with van der Waals surface area (Å²) in [5.41, 5.74) is 3.32. The van der Waals surface area contributed by atoms with E-state index in [1.54, 1.807) is 0 Å². The summed E-state index contributed by atoms with van der Waals surface area (Å²) < 4.78 is 4.76. The van der Waals surface area contributed by atoms with Gasteiger partial charge in [-0.15, -0.1) is 0 Å². The minimum Gasteiger partial charge on any atom is -0.453 e. The van der Waals surface area contributed by atoms with Crippen LogP contribution >= 0.6 is 0 Å². The number of nitrogens with one attached hydrogen (secondary N) is 1. The highest BCUT2D eigenvalue weighted by Crippen LogP contribution is 2.20. The van der Waals surface area contributed by atoms with Gasteiger partial charge in [0.15, 0.2) is 6.10 Å². The molecule has 2 unspecified atom stereocenters. The number of oxime groups is 1. The number of hydrogen-bond donors (Lipinski definition) is 1. The van der Waals surface area contributed by atoms with E-state index in [0.717, 1.165) is 17.7 Å². The second-order valence-corrected chi connectivity index (χ2v) is 6.10. The maximum Gasteiger partial charge on any atom is 0.407 e. The molecule has 0 spiro atoms. The van der Waals surface area contributed by atoms with Crippen LogP contribution in [0, 0.1) is 0 Å². The van der Waals surface area contributed by atoms with E-state index in [4.69, 9.17) is 9.57 Å². The summed E-state index contributed by atoms with van der Waals surface area (Å²) in [6, 6.07) is 20.0. The van der Waals surface area contributed by atoms with E-state index in [2.05, 4.69) is 22.6 Å². The van der Waals surface area contributed by atoms with Crippen molar-refractivity contribution in [3.8, 4) is 0 Å².